The van der Waals surface area contributed by atoms with Crippen LogP contribution in [0.3, 0.4) is 0 Å². The van der Waals surface area contributed by atoms with Crippen molar-refractivity contribution in [1.82, 2.24) is 0 Å². The van der Waals surface area contributed by atoms with Gasteiger partial charge in [-0.25, -0.2) is 0 Å². The molecule has 8 heteroatoms. The highest BCUT2D eigenvalue weighted by atomic mass is 16.9. The van der Waals surface area contributed by atoms with Crippen molar-refractivity contribution in [3.8, 4) is 0 Å². The largest absolute Gasteiger partial charge is 0.394 e. The van der Waals surface area contributed by atoms with Crippen molar-refractivity contribution in [2.45, 2.75) is 36.7 Å². The number of ether oxygens (including phenoxy) is 2. The first-order valence-corrected chi connectivity index (χ1v) is 6.35. The summed E-state index contributed by atoms with van der Waals surface area (Å²) in [7, 11) is 0. The minimum atomic E-state index is -2.78. The lowest BCUT2D eigenvalue weighted by molar-refractivity contribution is -0.473. The second-order valence-electron chi connectivity index (χ2n) is 4.78. The summed E-state index contributed by atoms with van der Waals surface area (Å²) in [5.74, 6) is -2.78. The number of rotatable bonds is 4. The molecule has 2 unspecified atom stereocenters. The Labute approximate surface area is 120 Å². The zero-order chi connectivity index (χ0) is 15.6. The Hall–Kier alpha value is -1.10. The molecule has 1 heterocycles. The van der Waals surface area contributed by atoms with E-state index < -0.39 is 43.3 Å². The van der Waals surface area contributed by atoms with Crippen LogP contribution in [0.2, 0.25) is 0 Å². The SMILES string of the molecule is OCC1O[C@@](O)(O[C@@H](O)c2ccccc2)[C@@H](O)C(O)[C@@H]1O. The molecule has 0 aliphatic carbocycles. The third-order valence-corrected chi connectivity index (χ3v) is 3.29. The summed E-state index contributed by atoms with van der Waals surface area (Å²) in [6, 6.07) is 7.98. The van der Waals surface area contributed by atoms with E-state index in [1.165, 1.54) is 12.1 Å². The lowest BCUT2D eigenvalue weighted by Crippen LogP contribution is -2.66. The minimum Gasteiger partial charge on any atom is -0.394 e. The molecular formula is C13H18O8. The van der Waals surface area contributed by atoms with E-state index in [1.807, 2.05) is 0 Å². The van der Waals surface area contributed by atoms with Crippen LogP contribution in [-0.4, -0.2) is 67.6 Å². The molecule has 21 heavy (non-hydrogen) atoms. The zero-order valence-electron chi connectivity index (χ0n) is 11.0. The molecule has 1 aromatic carbocycles. The van der Waals surface area contributed by atoms with E-state index in [0.717, 1.165) is 0 Å². The van der Waals surface area contributed by atoms with Gasteiger partial charge in [0.05, 0.1) is 6.61 Å². The van der Waals surface area contributed by atoms with Gasteiger partial charge in [0.15, 0.2) is 12.4 Å². The summed E-state index contributed by atoms with van der Waals surface area (Å²) in [5, 5.41) is 58.0. The molecule has 6 N–H and O–H groups in total. The molecule has 0 aromatic heterocycles. The molecule has 0 saturated carbocycles. The minimum absolute atomic E-state index is 0.280. The lowest BCUT2D eigenvalue weighted by Gasteiger charge is -2.45. The molecule has 1 aliphatic heterocycles. The average molecular weight is 302 g/mol. The van der Waals surface area contributed by atoms with Crippen LogP contribution < -0.4 is 0 Å². The maximum Gasteiger partial charge on any atom is 0.313 e. The normalized spacial score (nSPS) is 38.2. The first-order chi connectivity index (χ1) is 9.89. The molecule has 0 radical (unpaired) electrons. The molecule has 1 aliphatic rings. The number of hydrogen-bond acceptors (Lipinski definition) is 8. The topological polar surface area (TPSA) is 140 Å². The third-order valence-electron chi connectivity index (χ3n) is 3.29. The number of benzene rings is 1. The molecule has 1 saturated heterocycles. The molecule has 8 nitrogen and oxygen atoms in total. The number of hydrogen-bond donors (Lipinski definition) is 6. The van der Waals surface area contributed by atoms with Gasteiger partial charge >= 0.3 is 5.97 Å². The van der Waals surface area contributed by atoms with Crippen molar-refractivity contribution in [2.75, 3.05) is 6.61 Å². The summed E-state index contributed by atoms with van der Waals surface area (Å²) in [4.78, 5) is 0. The molecular weight excluding hydrogens is 284 g/mol. The van der Waals surface area contributed by atoms with Gasteiger partial charge in [-0.15, -0.1) is 0 Å². The van der Waals surface area contributed by atoms with Crippen molar-refractivity contribution >= 4 is 0 Å². The van der Waals surface area contributed by atoms with Gasteiger partial charge in [0, 0.05) is 5.56 Å². The molecule has 1 aromatic rings. The summed E-state index contributed by atoms with van der Waals surface area (Å²) in [6.45, 7) is -0.724. The van der Waals surface area contributed by atoms with E-state index in [2.05, 4.69) is 0 Å². The van der Waals surface area contributed by atoms with Crippen LogP contribution in [0.15, 0.2) is 30.3 Å². The van der Waals surface area contributed by atoms with Gasteiger partial charge in [0.2, 0.25) is 0 Å². The molecule has 0 amide bonds. The predicted molar refractivity (Wildman–Crippen MR) is 67.4 cm³/mol. The van der Waals surface area contributed by atoms with Gasteiger partial charge in [0.25, 0.3) is 0 Å². The third kappa shape index (κ3) is 3.23. The molecule has 2 rings (SSSR count). The molecule has 118 valence electrons. The second-order valence-corrected chi connectivity index (χ2v) is 4.78. The molecule has 0 spiro atoms. The monoisotopic (exact) mass is 302 g/mol. The summed E-state index contributed by atoms with van der Waals surface area (Å²) < 4.78 is 9.76. The number of aliphatic hydroxyl groups is 6. The van der Waals surface area contributed by atoms with Gasteiger partial charge in [0.1, 0.15) is 18.3 Å². The van der Waals surface area contributed by atoms with Gasteiger partial charge in [-0.3, -0.25) is 4.74 Å². The molecule has 6 atom stereocenters. The summed E-state index contributed by atoms with van der Waals surface area (Å²) in [5.41, 5.74) is 0.280. The van der Waals surface area contributed by atoms with Gasteiger partial charge < -0.3 is 35.4 Å². The van der Waals surface area contributed by atoms with E-state index >= 15 is 0 Å². The standard InChI is InChI=1S/C13H18O8/c14-6-8-9(15)10(16)11(17)13(19,20-8)21-12(18)7-4-2-1-3-5-7/h1-5,8-12,14-19H,6H2/t8?,9-,10?,11+,12-,13-/m1/s1. The smallest absolute Gasteiger partial charge is 0.313 e. The summed E-state index contributed by atoms with van der Waals surface area (Å²) in [6.07, 6.45) is -8.48. The second kappa shape index (κ2) is 6.34. The van der Waals surface area contributed by atoms with Crippen molar-refractivity contribution in [3.05, 3.63) is 35.9 Å². The Balaban J connectivity index is 2.16. The summed E-state index contributed by atoms with van der Waals surface area (Å²) >= 11 is 0. The van der Waals surface area contributed by atoms with Gasteiger partial charge in [-0.1, -0.05) is 30.3 Å². The van der Waals surface area contributed by atoms with Crippen LogP contribution >= 0.6 is 0 Å². The fourth-order valence-corrected chi connectivity index (χ4v) is 2.07. The first-order valence-electron chi connectivity index (χ1n) is 6.35. The Bertz CT molecular complexity index is 453. The van der Waals surface area contributed by atoms with Crippen LogP contribution in [0.25, 0.3) is 0 Å². The zero-order valence-corrected chi connectivity index (χ0v) is 11.0. The van der Waals surface area contributed by atoms with E-state index in [1.54, 1.807) is 18.2 Å². The predicted octanol–water partition coefficient (Wildman–Crippen LogP) is -2.19. The quantitative estimate of drug-likeness (QED) is 0.345. The van der Waals surface area contributed by atoms with Crippen LogP contribution in [-0.2, 0) is 9.47 Å². The van der Waals surface area contributed by atoms with Crippen LogP contribution in [0.5, 0.6) is 0 Å². The van der Waals surface area contributed by atoms with Gasteiger partial charge in [-0.2, -0.15) is 0 Å². The molecule has 1 fully saturated rings. The van der Waals surface area contributed by atoms with Crippen molar-refractivity contribution in [2.24, 2.45) is 0 Å². The first kappa shape index (κ1) is 16.3. The highest BCUT2D eigenvalue weighted by molar-refractivity contribution is 5.15. The highest BCUT2D eigenvalue weighted by Gasteiger charge is 2.55. The maximum absolute atomic E-state index is 10.1. The van der Waals surface area contributed by atoms with Gasteiger partial charge in [-0.05, 0) is 0 Å². The Morgan fingerprint density at radius 2 is 1.76 bits per heavy atom. The van der Waals surface area contributed by atoms with Crippen LogP contribution in [0.1, 0.15) is 11.9 Å². The average Bonchev–Trinajstić information content (AvgIpc) is 2.50. The van der Waals surface area contributed by atoms with Crippen molar-refractivity contribution in [3.63, 3.8) is 0 Å². The Morgan fingerprint density at radius 3 is 2.33 bits per heavy atom. The Kier molecular flexibility index (Phi) is 4.91. The van der Waals surface area contributed by atoms with Crippen molar-refractivity contribution < 1.29 is 40.1 Å². The highest BCUT2D eigenvalue weighted by Crippen LogP contribution is 2.32. The fraction of sp³-hybridized carbons (Fsp3) is 0.538. The van der Waals surface area contributed by atoms with Crippen molar-refractivity contribution in [1.29, 1.82) is 0 Å². The van der Waals surface area contributed by atoms with E-state index in [0.29, 0.717) is 0 Å². The van der Waals surface area contributed by atoms with Crippen LogP contribution in [0, 0.1) is 0 Å². The van der Waals surface area contributed by atoms with Crippen LogP contribution in [0.4, 0.5) is 0 Å². The maximum atomic E-state index is 10.1. The Morgan fingerprint density at radius 1 is 1.14 bits per heavy atom. The van der Waals surface area contributed by atoms with E-state index in [4.69, 9.17) is 14.6 Å². The molecule has 0 bridgehead atoms. The fourth-order valence-electron chi connectivity index (χ4n) is 2.07. The van der Waals surface area contributed by atoms with E-state index in [9.17, 15) is 25.5 Å². The number of aliphatic hydroxyl groups excluding tert-OH is 5. The lowest BCUT2D eigenvalue weighted by atomic mass is 9.98. The van der Waals surface area contributed by atoms with E-state index in [-0.39, 0.29) is 5.56 Å².